The van der Waals surface area contributed by atoms with Crippen molar-refractivity contribution in [3.05, 3.63) is 35.4 Å². The van der Waals surface area contributed by atoms with Gasteiger partial charge in [-0.3, -0.25) is 9.69 Å². The molecule has 0 amide bonds. The molecular weight excluding hydrogens is 264 g/mol. The van der Waals surface area contributed by atoms with Gasteiger partial charge in [0.15, 0.2) is 0 Å². The highest BCUT2D eigenvalue weighted by atomic mass is 19.1. The van der Waals surface area contributed by atoms with Crippen molar-refractivity contribution < 1.29 is 18.3 Å². The number of benzene rings is 1. The number of carbonyl (C=O) groups excluding carboxylic acids is 1. The highest BCUT2D eigenvalue weighted by Crippen LogP contribution is 2.29. The largest absolute Gasteiger partial charge is 0.466 e. The summed E-state index contributed by atoms with van der Waals surface area (Å²) in [6, 6.07) is 3.12. The summed E-state index contributed by atoms with van der Waals surface area (Å²) in [4.78, 5) is 13.8. The molecular formula is C15H19F2NO2. The second-order valence-electron chi connectivity index (χ2n) is 4.97. The minimum Gasteiger partial charge on any atom is -0.466 e. The van der Waals surface area contributed by atoms with E-state index in [0.717, 1.165) is 32.0 Å². The average Bonchev–Trinajstić information content (AvgIpc) is 2.88. The molecule has 0 aliphatic carbocycles. The third kappa shape index (κ3) is 3.76. The molecule has 1 aliphatic heterocycles. The zero-order valence-corrected chi connectivity index (χ0v) is 11.6. The van der Waals surface area contributed by atoms with Gasteiger partial charge in [-0.15, -0.1) is 0 Å². The first kappa shape index (κ1) is 14.9. The predicted octanol–water partition coefficient (Wildman–Crippen LogP) is 3.05. The third-order valence-corrected chi connectivity index (χ3v) is 3.52. The number of ether oxygens (including phenoxy) is 1. The van der Waals surface area contributed by atoms with Crippen LogP contribution in [0.15, 0.2) is 18.2 Å². The monoisotopic (exact) mass is 283 g/mol. The maximum atomic E-state index is 13.4. The topological polar surface area (TPSA) is 29.5 Å². The van der Waals surface area contributed by atoms with Gasteiger partial charge in [0.1, 0.15) is 11.6 Å². The van der Waals surface area contributed by atoms with Crippen molar-refractivity contribution in [2.24, 2.45) is 0 Å². The Labute approximate surface area is 117 Å². The number of nitrogens with zero attached hydrogens (tertiary/aromatic N) is 1. The van der Waals surface area contributed by atoms with Gasteiger partial charge < -0.3 is 4.74 Å². The maximum Gasteiger partial charge on any atom is 0.307 e. The molecule has 1 heterocycles. The fraction of sp³-hybridized carbons (Fsp3) is 0.533. The minimum absolute atomic E-state index is 0.122. The molecule has 20 heavy (non-hydrogen) atoms. The Morgan fingerprint density at radius 1 is 1.25 bits per heavy atom. The van der Waals surface area contributed by atoms with Crippen LogP contribution in [-0.4, -0.2) is 30.6 Å². The molecule has 2 rings (SSSR count). The molecule has 1 saturated heterocycles. The van der Waals surface area contributed by atoms with Gasteiger partial charge in [-0.25, -0.2) is 8.78 Å². The Bertz CT molecular complexity index is 453. The summed E-state index contributed by atoms with van der Waals surface area (Å²) in [6.07, 6.45) is 2.20. The predicted molar refractivity (Wildman–Crippen MR) is 71.2 cm³/mol. The van der Waals surface area contributed by atoms with E-state index in [9.17, 15) is 13.6 Å². The molecule has 1 aromatic rings. The Morgan fingerprint density at radius 3 is 2.40 bits per heavy atom. The molecule has 0 aromatic heterocycles. The Hall–Kier alpha value is -1.49. The smallest absolute Gasteiger partial charge is 0.307 e. The summed E-state index contributed by atoms with van der Waals surface area (Å²) < 4.78 is 31.7. The van der Waals surface area contributed by atoms with Crippen molar-refractivity contribution in [1.29, 1.82) is 0 Å². The fourth-order valence-electron chi connectivity index (χ4n) is 2.66. The number of likely N-dealkylation sites (tertiary alicyclic amines) is 1. The van der Waals surface area contributed by atoms with Crippen LogP contribution in [0.3, 0.4) is 0 Å². The van der Waals surface area contributed by atoms with Crippen molar-refractivity contribution in [2.45, 2.75) is 32.2 Å². The van der Waals surface area contributed by atoms with E-state index in [2.05, 4.69) is 4.90 Å². The van der Waals surface area contributed by atoms with E-state index >= 15 is 0 Å². The fourth-order valence-corrected chi connectivity index (χ4v) is 2.66. The van der Waals surface area contributed by atoms with Crippen LogP contribution in [0.1, 0.15) is 37.8 Å². The molecule has 1 fully saturated rings. The summed E-state index contributed by atoms with van der Waals surface area (Å²) in [7, 11) is 0. The normalized spacial score (nSPS) is 17.1. The van der Waals surface area contributed by atoms with Crippen LogP contribution in [0.25, 0.3) is 0 Å². The van der Waals surface area contributed by atoms with Crippen molar-refractivity contribution in [3.63, 3.8) is 0 Å². The summed E-state index contributed by atoms with van der Waals surface area (Å²) in [5, 5.41) is 0. The number of hydrogen-bond acceptors (Lipinski definition) is 3. The van der Waals surface area contributed by atoms with E-state index in [-0.39, 0.29) is 18.4 Å². The van der Waals surface area contributed by atoms with Crippen LogP contribution in [0.2, 0.25) is 0 Å². The third-order valence-electron chi connectivity index (χ3n) is 3.52. The minimum atomic E-state index is -0.618. The van der Waals surface area contributed by atoms with Gasteiger partial charge >= 0.3 is 5.97 Å². The summed E-state index contributed by atoms with van der Waals surface area (Å²) in [5.74, 6) is -1.57. The zero-order valence-electron chi connectivity index (χ0n) is 11.6. The highest BCUT2D eigenvalue weighted by molar-refractivity contribution is 5.70. The number of esters is 1. The van der Waals surface area contributed by atoms with Gasteiger partial charge in [-0.2, -0.15) is 0 Å². The van der Waals surface area contributed by atoms with Crippen LogP contribution >= 0.6 is 0 Å². The molecule has 0 spiro atoms. The molecule has 5 heteroatoms. The lowest BCUT2D eigenvalue weighted by Gasteiger charge is -2.27. The Morgan fingerprint density at radius 2 is 1.85 bits per heavy atom. The van der Waals surface area contributed by atoms with Crippen LogP contribution < -0.4 is 0 Å². The van der Waals surface area contributed by atoms with Gasteiger partial charge in [-0.05, 0) is 50.6 Å². The van der Waals surface area contributed by atoms with Crippen LogP contribution in [-0.2, 0) is 9.53 Å². The van der Waals surface area contributed by atoms with E-state index in [0.29, 0.717) is 12.2 Å². The molecule has 1 unspecified atom stereocenters. The standard InChI is InChI=1S/C15H19F2NO2/c1-2-20-15(19)10-14(18-5-3-4-6-18)11-7-12(16)9-13(17)8-11/h7-9,14H,2-6,10H2,1H3. The summed E-state index contributed by atoms with van der Waals surface area (Å²) in [5.41, 5.74) is 0.498. The molecule has 1 aromatic carbocycles. The molecule has 0 saturated carbocycles. The Kier molecular flexibility index (Phi) is 5.06. The molecule has 110 valence electrons. The molecule has 1 atom stereocenters. The van der Waals surface area contributed by atoms with Crippen LogP contribution in [0, 0.1) is 11.6 Å². The summed E-state index contributed by atoms with van der Waals surface area (Å²) >= 11 is 0. The number of rotatable bonds is 5. The Balaban J connectivity index is 2.22. The SMILES string of the molecule is CCOC(=O)CC(c1cc(F)cc(F)c1)N1CCCC1. The van der Waals surface area contributed by atoms with Gasteiger partial charge in [0.25, 0.3) is 0 Å². The molecule has 0 radical (unpaired) electrons. The number of halogens is 2. The lowest BCUT2D eigenvalue weighted by atomic mass is 10.0. The van der Waals surface area contributed by atoms with E-state index in [1.54, 1.807) is 6.92 Å². The van der Waals surface area contributed by atoms with Crippen molar-refractivity contribution in [2.75, 3.05) is 19.7 Å². The lowest BCUT2D eigenvalue weighted by Crippen LogP contribution is -2.28. The van der Waals surface area contributed by atoms with E-state index in [1.807, 2.05) is 0 Å². The van der Waals surface area contributed by atoms with E-state index in [1.165, 1.54) is 12.1 Å². The van der Waals surface area contributed by atoms with Crippen molar-refractivity contribution >= 4 is 5.97 Å². The summed E-state index contributed by atoms with van der Waals surface area (Å²) in [6.45, 7) is 3.72. The lowest BCUT2D eigenvalue weighted by molar-refractivity contribution is -0.144. The zero-order chi connectivity index (χ0) is 14.5. The second-order valence-corrected chi connectivity index (χ2v) is 4.97. The second kappa shape index (κ2) is 6.79. The quantitative estimate of drug-likeness (QED) is 0.778. The van der Waals surface area contributed by atoms with Crippen LogP contribution in [0.4, 0.5) is 8.78 Å². The molecule has 0 N–H and O–H groups in total. The highest BCUT2D eigenvalue weighted by Gasteiger charge is 2.27. The maximum absolute atomic E-state index is 13.4. The molecule has 3 nitrogen and oxygen atoms in total. The first-order valence-corrected chi connectivity index (χ1v) is 6.96. The van der Waals surface area contributed by atoms with E-state index < -0.39 is 11.6 Å². The van der Waals surface area contributed by atoms with Crippen molar-refractivity contribution in [1.82, 2.24) is 4.90 Å². The first-order valence-electron chi connectivity index (χ1n) is 6.96. The molecule has 0 bridgehead atoms. The molecule has 1 aliphatic rings. The van der Waals surface area contributed by atoms with Gasteiger partial charge in [0.05, 0.1) is 13.0 Å². The number of hydrogen-bond donors (Lipinski definition) is 0. The van der Waals surface area contributed by atoms with E-state index in [4.69, 9.17) is 4.74 Å². The average molecular weight is 283 g/mol. The van der Waals surface area contributed by atoms with Gasteiger partial charge in [0.2, 0.25) is 0 Å². The number of carbonyl (C=O) groups is 1. The van der Waals surface area contributed by atoms with Crippen LogP contribution in [0.5, 0.6) is 0 Å². The van der Waals surface area contributed by atoms with Gasteiger partial charge in [-0.1, -0.05) is 0 Å². The van der Waals surface area contributed by atoms with Crippen molar-refractivity contribution in [3.8, 4) is 0 Å². The van der Waals surface area contributed by atoms with Gasteiger partial charge in [0, 0.05) is 12.1 Å². The first-order chi connectivity index (χ1) is 9.60.